The number of hydrogen-bond acceptors (Lipinski definition) is 3. The first-order valence-electron chi connectivity index (χ1n) is 9.84. The number of nitrogens with one attached hydrogen (secondary N) is 1. The Bertz CT molecular complexity index is 957. The van der Waals surface area contributed by atoms with Gasteiger partial charge in [0.25, 0.3) is 11.8 Å². The summed E-state index contributed by atoms with van der Waals surface area (Å²) in [5.74, 6) is -0.348. The number of likely N-dealkylation sites (tertiary alicyclic amines) is 1. The van der Waals surface area contributed by atoms with Crippen LogP contribution in [-0.2, 0) is 4.79 Å². The summed E-state index contributed by atoms with van der Waals surface area (Å²) in [5.41, 5.74) is 3.20. The highest BCUT2D eigenvalue weighted by molar-refractivity contribution is 6.09. The van der Waals surface area contributed by atoms with Gasteiger partial charge >= 0.3 is 0 Å². The fraction of sp³-hybridized carbons (Fsp3) is 0.261. The number of nitrogens with zero attached hydrogens (tertiary/aromatic N) is 2. The lowest BCUT2D eigenvalue weighted by Crippen LogP contribution is -2.28. The highest BCUT2D eigenvalue weighted by Crippen LogP contribution is 2.31. The molecule has 3 amide bonds. The monoisotopic (exact) mass is 389 g/mol. The summed E-state index contributed by atoms with van der Waals surface area (Å²) in [6.07, 6.45) is 2.21. The third-order valence-corrected chi connectivity index (χ3v) is 5.39. The number of hydrogen-bond donors (Lipinski definition) is 1. The summed E-state index contributed by atoms with van der Waals surface area (Å²) in [5, 5.41) is 2.83. The number of fused-ring (bicyclic) bond motifs is 1. The van der Waals surface area contributed by atoms with E-state index in [0.29, 0.717) is 22.5 Å². The van der Waals surface area contributed by atoms with Crippen molar-refractivity contribution in [3.63, 3.8) is 0 Å². The second kappa shape index (κ2) is 7.91. The molecule has 2 aliphatic rings. The molecule has 0 aromatic heterocycles. The standard InChI is InChI=1S/C23H23N3O3/c1-16-19-9-2-3-10-20(19)23(29)26(16)14-11-21(27)24-18-8-6-7-17(15-18)22(28)25-12-4-5-13-25/h2-3,6-10,15H,1,4-5,11-14H2,(H,24,27). The van der Waals surface area contributed by atoms with E-state index in [-0.39, 0.29) is 30.7 Å². The summed E-state index contributed by atoms with van der Waals surface area (Å²) in [4.78, 5) is 40.8. The molecule has 6 heteroatoms. The van der Waals surface area contributed by atoms with Crippen LogP contribution in [0.2, 0.25) is 0 Å². The van der Waals surface area contributed by atoms with Gasteiger partial charge in [-0.1, -0.05) is 30.8 Å². The SMILES string of the molecule is C=C1c2ccccc2C(=O)N1CCC(=O)Nc1cccc(C(=O)N2CCCC2)c1. The minimum absolute atomic E-state index is 0.00433. The lowest BCUT2D eigenvalue weighted by Gasteiger charge is -2.17. The van der Waals surface area contributed by atoms with Crippen LogP contribution in [-0.4, -0.2) is 47.2 Å². The van der Waals surface area contributed by atoms with Crippen LogP contribution in [0.3, 0.4) is 0 Å². The molecule has 1 N–H and O–H groups in total. The molecule has 2 aromatic carbocycles. The van der Waals surface area contributed by atoms with E-state index in [1.165, 1.54) is 4.90 Å². The van der Waals surface area contributed by atoms with Gasteiger partial charge in [-0.05, 0) is 37.1 Å². The molecule has 0 saturated carbocycles. The van der Waals surface area contributed by atoms with Crippen LogP contribution in [0.25, 0.3) is 5.70 Å². The van der Waals surface area contributed by atoms with E-state index in [0.717, 1.165) is 31.5 Å². The van der Waals surface area contributed by atoms with Gasteiger partial charge in [-0.25, -0.2) is 0 Å². The van der Waals surface area contributed by atoms with Crippen molar-refractivity contribution in [2.24, 2.45) is 0 Å². The van der Waals surface area contributed by atoms with Crippen LogP contribution in [0.15, 0.2) is 55.1 Å². The van der Waals surface area contributed by atoms with E-state index < -0.39 is 0 Å². The van der Waals surface area contributed by atoms with Gasteiger partial charge in [0, 0.05) is 54.1 Å². The molecule has 6 nitrogen and oxygen atoms in total. The van der Waals surface area contributed by atoms with E-state index in [4.69, 9.17) is 0 Å². The number of anilines is 1. The molecule has 0 aliphatic carbocycles. The van der Waals surface area contributed by atoms with E-state index in [9.17, 15) is 14.4 Å². The van der Waals surface area contributed by atoms with Gasteiger partial charge in [0.1, 0.15) is 0 Å². The minimum atomic E-state index is -0.215. The molecule has 4 rings (SSSR count). The zero-order valence-corrected chi connectivity index (χ0v) is 16.2. The van der Waals surface area contributed by atoms with E-state index in [1.807, 2.05) is 23.1 Å². The average molecular weight is 389 g/mol. The van der Waals surface area contributed by atoms with Crippen molar-refractivity contribution >= 4 is 29.1 Å². The second-order valence-corrected chi connectivity index (χ2v) is 7.33. The molecule has 0 spiro atoms. The number of carbonyl (C=O) groups is 3. The Morgan fingerprint density at radius 1 is 1.00 bits per heavy atom. The third-order valence-electron chi connectivity index (χ3n) is 5.39. The number of benzene rings is 2. The first kappa shape index (κ1) is 18.9. The zero-order chi connectivity index (χ0) is 20.4. The van der Waals surface area contributed by atoms with Crippen molar-refractivity contribution in [2.45, 2.75) is 19.3 Å². The molecule has 1 saturated heterocycles. The van der Waals surface area contributed by atoms with E-state index in [2.05, 4.69) is 11.9 Å². The predicted molar refractivity (Wildman–Crippen MR) is 111 cm³/mol. The Morgan fingerprint density at radius 2 is 1.72 bits per heavy atom. The predicted octanol–water partition coefficient (Wildman–Crippen LogP) is 3.38. The minimum Gasteiger partial charge on any atom is -0.339 e. The van der Waals surface area contributed by atoms with Crippen LogP contribution in [0.4, 0.5) is 5.69 Å². The first-order valence-corrected chi connectivity index (χ1v) is 9.84. The number of carbonyl (C=O) groups excluding carboxylic acids is 3. The van der Waals surface area contributed by atoms with Crippen molar-refractivity contribution in [1.82, 2.24) is 9.80 Å². The second-order valence-electron chi connectivity index (χ2n) is 7.33. The van der Waals surface area contributed by atoms with Crippen molar-refractivity contribution in [2.75, 3.05) is 25.0 Å². The van der Waals surface area contributed by atoms with Gasteiger partial charge in [0.15, 0.2) is 0 Å². The molecule has 1 fully saturated rings. The summed E-state index contributed by atoms with van der Waals surface area (Å²) in [6, 6.07) is 14.3. The van der Waals surface area contributed by atoms with Crippen molar-refractivity contribution in [3.05, 3.63) is 71.8 Å². The average Bonchev–Trinajstić information content (AvgIpc) is 3.35. The molecule has 0 atom stereocenters. The topological polar surface area (TPSA) is 69.7 Å². The van der Waals surface area contributed by atoms with E-state index >= 15 is 0 Å². The maximum atomic E-state index is 12.5. The van der Waals surface area contributed by atoms with Crippen LogP contribution >= 0.6 is 0 Å². The maximum Gasteiger partial charge on any atom is 0.258 e. The lowest BCUT2D eigenvalue weighted by atomic mass is 10.1. The van der Waals surface area contributed by atoms with Crippen LogP contribution < -0.4 is 5.32 Å². The first-order chi connectivity index (χ1) is 14.0. The molecule has 0 bridgehead atoms. The molecule has 2 heterocycles. The molecule has 29 heavy (non-hydrogen) atoms. The van der Waals surface area contributed by atoms with Crippen LogP contribution in [0, 0.1) is 0 Å². The van der Waals surface area contributed by atoms with Gasteiger partial charge in [-0.15, -0.1) is 0 Å². The normalized spacial score (nSPS) is 15.6. The molecule has 0 radical (unpaired) electrons. The molecule has 0 unspecified atom stereocenters. The smallest absolute Gasteiger partial charge is 0.258 e. The van der Waals surface area contributed by atoms with Crippen LogP contribution in [0.5, 0.6) is 0 Å². The maximum absolute atomic E-state index is 12.5. The van der Waals surface area contributed by atoms with Gasteiger partial charge < -0.3 is 15.1 Å². The Balaban J connectivity index is 1.36. The van der Waals surface area contributed by atoms with Crippen molar-refractivity contribution < 1.29 is 14.4 Å². The van der Waals surface area contributed by atoms with Gasteiger partial charge in [0.2, 0.25) is 5.91 Å². The number of rotatable bonds is 5. The zero-order valence-electron chi connectivity index (χ0n) is 16.2. The van der Waals surface area contributed by atoms with Crippen molar-refractivity contribution in [1.29, 1.82) is 0 Å². The van der Waals surface area contributed by atoms with Crippen LogP contribution in [0.1, 0.15) is 45.5 Å². The van der Waals surface area contributed by atoms with E-state index in [1.54, 1.807) is 30.3 Å². The largest absolute Gasteiger partial charge is 0.339 e. The molecule has 2 aromatic rings. The quantitative estimate of drug-likeness (QED) is 0.852. The van der Waals surface area contributed by atoms with Gasteiger partial charge in [-0.3, -0.25) is 14.4 Å². The van der Waals surface area contributed by atoms with Crippen molar-refractivity contribution in [3.8, 4) is 0 Å². The highest BCUT2D eigenvalue weighted by atomic mass is 16.2. The fourth-order valence-electron chi connectivity index (χ4n) is 3.84. The molecular weight excluding hydrogens is 366 g/mol. The Morgan fingerprint density at radius 3 is 2.45 bits per heavy atom. The summed E-state index contributed by atoms with van der Waals surface area (Å²) < 4.78 is 0. The Kier molecular flexibility index (Phi) is 5.16. The fourth-order valence-corrected chi connectivity index (χ4v) is 3.84. The number of amides is 3. The highest BCUT2D eigenvalue weighted by Gasteiger charge is 2.30. The lowest BCUT2D eigenvalue weighted by molar-refractivity contribution is -0.116. The summed E-state index contributed by atoms with van der Waals surface area (Å²) >= 11 is 0. The van der Waals surface area contributed by atoms with Gasteiger partial charge in [0.05, 0.1) is 0 Å². The summed E-state index contributed by atoms with van der Waals surface area (Å²) in [6.45, 7) is 5.81. The molecule has 148 valence electrons. The molecular formula is C23H23N3O3. The Labute approximate surface area is 169 Å². The summed E-state index contributed by atoms with van der Waals surface area (Å²) in [7, 11) is 0. The third kappa shape index (κ3) is 3.78. The molecule has 2 aliphatic heterocycles. The Hall–Kier alpha value is -3.41. The van der Waals surface area contributed by atoms with Gasteiger partial charge in [-0.2, -0.15) is 0 Å².